The molecule has 5 nitrogen and oxygen atoms in total. The summed E-state index contributed by atoms with van der Waals surface area (Å²) < 4.78 is 22.3. The Balaban J connectivity index is 1.75. The van der Waals surface area contributed by atoms with Gasteiger partial charge in [0.25, 0.3) is 0 Å². The monoisotopic (exact) mass is 366 g/mol. The molecule has 0 aliphatic rings. The van der Waals surface area contributed by atoms with E-state index in [-0.39, 0.29) is 10.8 Å². The van der Waals surface area contributed by atoms with E-state index >= 15 is 0 Å². The van der Waals surface area contributed by atoms with Crippen molar-refractivity contribution in [1.29, 1.82) is 0 Å². The number of rotatable bonds is 7. The van der Waals surface area contributed by atoms with Gasteiger partial charge in [0.2, 0.25) is 15.9 Å². The normalized spacial score (nSPS) is 11.2. The first kappa shape index (κ1) is 18.4. The molecular weight excluding hydrogens is 348 g/mol. The van der Waals surface area contributed by atoms with E-state index in [4.69, 9.17) is 16.7 Å². The van der Waals surface area contributed by atoms with E-state index in [0.29, 0.717) is 30.8 Å². The van der Waals surface area contributed by atoms with Gasteiger partial charge in [0.15, 0.2) is 0 Å². The van der Waals surface area contributed by atoms with Crippen molar-refractivity contribution in [3.05, 3.63) is 64.7 Å². The summed E-state index contributed by atoms with van der Waals surface area (Å²) in [5.74, 6) is -0.0453. The first-order valence-electron chi connectivity index (χ1n) is 7.48. The molecule has 0 fully saturated rings. The lowest BCUT2D eigenvalue weighted by atomic mass is 10.1. The van der Waals surface area contributed by atoms with Crippen LogP contribution in [0, 0.1) is 0 Å². The molecule has 0 bridgehead atoms. The van der Waals surface area contributed by atoms with Crippen molar-refractivity contribution in [2.45, 2.75) is 24.2 Å². The highest BCUT2D eigenvalue weighted by molar-refractivity contribution is 7.89. The fourth-order valence-electron chi connectivity index (χ4n) is 2.23. The smallest absolute Gasteiger partial charge is 0.238 e. The Bertz CT molecular complexity index is 805. The zero-order valence-corrected chi connectivity index (χ0v) is 14.6. The number of hydrogen-bond acceptors (Lipinski definition) is 3. The Morgan fingerprint density at radius 3 is 2.33 bits per heavy atom. The fraction of sp³-hybridized carbons (Fsp3) is 0.235. The minimum Gasteiger partial charge on any atom is -0.356 e. The summed E-state index contributed by atoms with van der Waals surface area (Å²) in [7, 11) is -3.67. The van der Waals surface area contributed by atoms with Crippen LogP contribution in [0.15, 0.2) is 53.4 Å². The summed E-state index contributed by atoms with van der Waals surface area (Å²) in [5.41, 5.74) is 1.88. The number of carbonyl (C=O) groups excluding carboxylic acids is 1. The van der Waals surface area contributed by atoms with Gasteiger partial charge in [0, 0.05) is 18.0 Å². The number of nitrogens with one attached hydrogen (secondary N) is 1. The van der Waals surface area contributed by atoms with E-state index in [0.717, 1.165) is 11.1 Å². The van der Waals surface area contributed by atoms with Gasteiger partial charge in [0.05, 0.1) is 4.90 Å². The Hall–Kier alpha value is -1.89. The van der Waals surface area contributed by atoms with Gasteiger partial charge in [-0.2, -0.15) is 0 Å². The molecule has 3 N–H and O–H groups in total. The van der Waals surface area contributed by atoms with E-state index in [1.54, 1.807) is 18.2 Å². The van der Waals surface area contributed by atoms with E-state index in [1.165, 1.54) is 12.1 Å². The predicted molar refractivity (Wildman–Crippen MR) is 94.3 cm³/mol. The maximum Gasteiger partial charge on any atom is 0.238 e. The molecule has 7 heteroatoms. The SMILES string of the molecule is NS(=O)(=O)c1ccc(CCNC(=O)CCc2ccccc2Cl)cc1. The molecule has 0 spiro atoms. The second kappa shape index (κ2) is 8.28. The van der Waals surface area contributed by atoms with E-state index in [2.05, 4.69) is 5.32 Å². The molecular formula is C17H19ClN2O3S. The largest absolute Gasteiger partial charge is 0.356 e. The molecule has 24 heavy (non-hydrogen) atoms. The van der Waals surface area contributed by atoms with Gasteiger partial charge in [-0.25, -0.2) is 13.6 Å². The minimum absolute atomic E-state index is 0.0453. The van der Waals surface area contributed by atoms with E-state index in [1.807, 2.05) is 18.2 Å². The van der Waals surface area contributed by atoms with Gasteiger partial charge in [0.1, 0.15) is 0 Å². The first-order valence-corrected chi connectivity index (χ1v) is 9.40. The number of halogens is 1. The molecule has 0 aliphatic heterocycles. The fourth-order valence-corrected chi connectivity index (χ4v) is 2.98. The molecule has 2 aromatic rings. The Morgan fingerprint density at radius 2 is 1.71 bits per heavy atom. The predicted octanol–water partition coefficient (Wildman–Crippen LogP) is 2.28. The molecule has 0 atom stereocenters. The number of amides is 1. The Labute approximate surface area is 146 Å². The quantitative estimate of drug-likeness (QED) is 0.787. The van der Waals surface area contributed by atoms with Gasteiger partial charge in [-0.3, -0.25) is 4.79 Å². The lowest BCUT2D eigenvalue weighted by molar-refractivity contribution is -0.121. The molecule has 0 aromatic heterocycles. The van der Waals surface area contributed by atoms with Crippen LogP contribution in [-0.4, -0.2) is 20.9 Å². The van der Waals surface area contributed by atoms with Crippen molar-refractivity contribution in [3.63, 3.8) is 0 Å². The molecule has 0 aliphatic carbocycles. The van der Waals surface area contributed by atoms with E-state index < -0.39 is 10.0 Å². The zero-order valence-electron chi connectivity index (χ0n) is 13.0. The number of primary sulfonamides is 1. The van der Waals surface area contributed by atoms with Crippen LogP contribution in [0.4, 0.5) is 0 Å². The van der Waals surface area contributed by atoms with Gasteiger partial charge in [-0.05, 0) is 42.2 Å². The third-order valence-corrected chi connectivity index (χ3v) is 4.86. The lowest BCUT2D eigenvalue weighted by Gasteiger charge is -2.07. The topological polar surface area (TPSA) is 89.3 Å². The summed E-state index contributed by atoms with van der Waals surface area (Å²) in [6, 6.07) is 13.8. The molecule has 0 heterocycles. The Morgan fingerprint density at radius 1 is 1.04 bits per heavy atom. The molecule has 0 unspecified atom stereocenters. The van der Waals surface area contributed by atoms with Gasteiger partial charge < -0.3 is 5.32 Å². The van der Waals surface area contributed by atoms with Crippen LogP contribution < -0.4 is 10.5 Å². The van der Waals surface area contributed by atoms with Crippen molar-refractivity contribution in [3.8, 4) is 0 Å². The number of carbonyl (C=O) groups is 1. The summed E-state index contributed by atoms with van der Waals surface area (Å²) in [4.78, 5) is 11.9. The third-order valence-electron chi connectivity index (χ3n) is 3.57. The second-order valence-electron chi connectivity index (χ2n) is 5.38. The number of sulfonamides is 1. The average Bonchev–Trinajstić information content (AvgIpc) is 2.54. The van der Waals surface area contributed by atoms with Crippen LogP contribution in [0.25, 0.3) is 0 Å². The lowest BCUT2D eigenvalue weighted by Crippen LogP contribution is -2.25. The highest BCUT2D eigenvalue weighted by Gasteiger charge is 2.07. The first-order chi connectivity index (χ1) is 11.4. The summed E-state index contributed by atoms with van der Waals surface area (Å²) in [5, 5.41) is 8.55. The summed E-state index contributed by atoms with van der Waals surface area (Å²) >= 11 is 6.05. The maximum atomic E-state index is 11.9. The van der Waals surface area contributed by atoms with Gasteiger partial charge in [-0.15, -0.1) is 0 Å². The Kier molecular flexibility index (Phi) is 6.36. The molecule has 0 saturated carbocycles. The highest BCUT2D eigenvalue weighted by Crippen LogP contribution is 2.16. The number of hydrogen-bond donors (Lipinski definition) is 2. The molecule has 2 aromatic carbocycles. The third kappa shape index (κ3) is 5.63. The molecule has 0 radical (unpaired) electrons. The highest BCUT2D eigenvalue weighted by atomic mass is 35.5. The summed E-state index contributed by atoms with van der Waals surface area (Å²) in [6.45, 7) is 0.482. The molecule has 2 rings (SSSR count). The van der Waals surface area contributed by atoms with Crippen LogP contribution in [0.3, 0.4) is 0 Å². The minimum atomic E-state index is -3.67. The number of nitrogens with two attached hydrogens (primary N) is 1. The van der Waals surface area contributed by atoms with Crippen molar-refractivity contribution in [2.75, 3.05) is 6.54 Å². The van der Waals surface area contributed by atoms with Crippen LogP contribution in [0.1, 0.15) is 17.5 Å². The molecule has 0 saturated heterocycles. The van der Waals surface area contributed by atoms with Crippen LogP contribution in [0.5, 0.6) is 0 Å². The maximum absolute atomic E-state index is 11.9. The van der Waals surface area contributed by atoms with Crippen LogP contribution in [0.2, 0.25) is 5.02 Å². The van der Waals surface area contributed by atoms with Crippen molar-refractivity contribution in [1.82, 2.24) is 5.32 Å². The number of aryl methyl sites for hydroxylation is 1. The average molecular weight is 367 g/mol. The second-order valence-corrected chi connectivity index (χ2v) is 7.35. The van der Waals surface area contributed by atoms with Crippen molar-refractivity contribution < 1.29 is 13.2 Å². The number of benzene rings is 2. The standard InChI is InChI=1S/C17H19ClN2O3S/c18-16-4-2-1-3-14(16)7-10-17(21)20-12-11-13-5-8-15(9-6-13)24(19,22)23/h1-6,8-9H,7,10-12H2,(H,20,21)(H2,19,22,23). The zero-order chi connectivity index (χ0) is 17.6. The van der Waals surface area contributed by atoms with Crippen LogP contribution in [-0.2, 0) is 27.7 Å². The van der Waals surface area contributed by atoms with Crippen LogP contribution >= 0.6 is 11.6 Å². The van der Waals surface area contributed by atoms with E-state index in [9.17, 15) is 13.2 Å². The molecule has 1 amide bonds. The summed E-state index contributed by atoms with van der Waals surface area (Å²) in [6.07, 6.45) is 1.57. The van der Waals surface area contributed by atoms with Crippen molar-refractivity contribution in [2.24, 2.45) is 5.14 Å². The van der Waals surface area contributed by atoms with Gasteiger partial charge in [-0.1, -0.05) is 41.9 Å². The molecule has 128 valence electrons. The van der Waals surface area contributed by atoms with Crippen molar-refractivity contribution >= 4 is 27.5 Å². The van der Waals surface area contributed by atoms with Gasteiger partial charge >= 0.3 is 0 Å².